The maximum Gasteiger partial charge on any atom is 0.0971 e. The van der Waals surface area contributed by atoms with E-state index in [9.17, 15) is 10.2 Å². The average molecular weight is 398 g/mol. The van der Waals surface area contributed by atoms with Gasteiger partial charge in [-0.2, -0.15) is 0 Å². The molecule has 1 aromatic carbocycles. The molecule has 0 spiro atoms. The second-order valence-corrected chi connectivity index (χ2v) is 8.82. The third-order valence-corrected chi connectivity index (χ3v) is 6.97. The summed E-state index contributed by atoms with van der Waals surface area (Å²) in [6, 6.07) is 9.74. The second-order valence-electron chi connectivity index (χ2n) is 8.82. The Balaban J connectivity index is 1.45. The first-order chi connectivity index (χ1) is 14.1. The minimum Gasteiger partial charge on any atom is -0.392 e. The minimum atomic E-state index is -0.595. The molecule has 29 heavy (non-hydrogen) atoms. The van der Waals surface area contributed by atoms with Gasteiger partial charge in [-0.1, -0.05) is 74.4 Å². The van der Waals surface area contributed by atoms with Crippen LogP contribution in [-0.2, 0) is 0 Å². The van der Waals surface area contributed by atoms with Gasteiger partial charge in [-0.3, -0.25) is 0 Å². The number of aliphatic hydroxyl groups excluding tert-OH is 2. The summed E-state index contributed by atoms with van der Waals surface area (Å²) in [5.74, 6) is 1.18. The molecule has 2 aliphatic rings. The van der Waals surface area contributed by atoms with Gasteiger partial charge in [0.1, 0.15) is 0 Å². The van der Waals surface area contributed by atoms with Crippen molar-refractivity contribution in [3.8, 4) is 0 Å². The molecule has 0 aromatic heterocycles. The van der Waals surface area contributed by atoms with Gasteiger partial charge >= 0.3 is 0 Å². The highest BCUT2D eigenvalue weighted by atomic mass is 16.3. The fourth-order valence-electron chi connectivity index (χ4n) is 5.19. The van der Waals surface area contributed by atoms with Gasteiger partial charge in [0.2, 0.25) is 0 Å². The Bertz CT molecular complexity index is 665. The van der Waals surface area contributed by atoms with Crippen molar-refractivity contribution in [2.45, 2.75) is 64.6 Å². The number of unbranched alkanes of at least 4 members (excludes halogenated alkanes) is 2. The predicted molar refractivity (Wildman–Crippen MR) is 121 cm³/mol. The van der Waals surface area contributed by atoms with E-state index in [0.29, 0.717) is 11.8 Å². The number of rotatable bonds is 11. The first-order valence-electron chi connectivity index (χ1n) is 11.6. The van der Waals surface area contributed by atoms with Crippen molar-refractivity contribution in [2.24, 2.45) is 17.8 Å². The SMILES string of the molecule is CCN(CC)CCCCCC1=C[C@H]2C[C@@H](O)[C@H](/C=C/[C@@H](O)c3ccccc3)[C@H]2C1. The smallest absolute Gasteiger partial charge is 0.0971 e. The summed E-state index contributed by atoms with van der Waals surface area (Å²) in [5, 5.41) is 21.0. The van der Waals surface area contributed by atoms with Gasteiger partial charge < -0.3 is 15.1 Å². The molecule has 3 nitrogen and oxygen atoms in total. The normalized spacial score (nSPS) is 27.6. The van der Waals surface area contributed by atoms with Crippen molar-refractivity contribution in [1.82, 2.24) is 4.90 Å². The molecule has 0 unspecified atom stereocenters. The molecule has 3 rings (SSSR count). The molecule has 160 valence electrons. The highest BCUT2D eigenvalue weighted by Gasteiger charge is 2.43. The van der Waals surface area contributed by atoms with Gasteiger partial charge in [-0.15, -0.1) is 0 Å². The maximum atomic E-state index is 10.5. The van der Waals surface area contributed by atoms with Gasteiger partial charge in [-0.25, -0.2) is 0 Å². The van der Waals surface area contributed by atoms with E-state index < -0.39 is 6.10 Å². The summed E-state index contributed by atoms with van der Waals surface area (Å²) in [6.45, 7) is 8.01. The molecular formula is C26H39NO2. The molecule has 0 aliphatic heterocycles. The molecule has 2 aliphatic carbocycles. The van der Waals surface area contributed by atoms with Gasteiger partial charge in [0, 0.05) is 5.92 Å². The molecule has 1 saturated carbocycles. The quantitative estimate of drug-likeness (QED) is 0.402. The highest BCUT2D eigenvalue weighted by molar-refractivity contribution is 5.24. The Morgan fingerprint density at radius 2 is 1.86 bits per heavy atom. The van der Waals surface area contributed by atoms with Gasteiger partial charge in [0.15, 0.2) is 0 Å². The lowest BCUT2D eigenvalue weighted by Crippen LogP contribution is -2.23. The number of nitrogens with zero attached hydrogens (tertiary/aromatic N) is 1. The van der Waals surface area contributed by atoms with E-state index in [4.69, 9.17) is 0 Å². The van der Waals surface area contributed by atoms with Gasteiger partial charge in [0.05, 0.1) is 12.2 Å². The van der Waals surface area contributed by atoms with Crippen LogP contribution in [0.25, 0.3) is 0 Å². The molecule has 0 saturated heterocycles. The van der Waals surface area contributed by atoms with Crippen LogP contribution in [0.1, 0.15) is 64.0 Å². The molecular weight excluding hydrogens is 358 g/mol. The van der Waals surface area contributed by atoms with Crippen molar-refractivity contribution in [3.63, 3.8) is 0 Å². The number of aliphatic hydroxyl groups is 2. The zero-order valence-electron chi connectivity index (χ0n) is 18.2. The molecule has 1 fully saturated rings. The van der Waals surface area contributed by atoms with Crippen LogP contribution in [0.2, 0.25) is 0 Å². The molecule has 5 atom stereocenters. The summed E-state index contributed by atoms with van der Waals surface area (Å²) in [4.78, 5) is 2.50. The van der Waals surface area contributed by atoms with Crippen LogP contribution in [0.4, 0.5) is 0 Å². The topological polar surface area (TPSA) is 43.7 Å². The molecule has 1 aromatic rings. The first-order valence-corrected chi connectivity index (χ1v) is 11.6. The van der Waals surface area contributed by atoms with Crippen molar-refractivity contribution in [3.05, 3.63) is 59.7 Å². The summed E-state index contributed by atoms with van der Waals surface area (Å²) in [7, 11) is 0. The first kappa shape index (κ1) is 22.3. The lowest BCUT2D eigenvalue weighted by atomic mass is 9.88. The van der Waals surface area contributed by atoms with Crippen LogP contribution < -0.4 is 0 Å². The van der Waals surface area contributed by atoms with E-state index in [2.05, 4.69) is 30.9 Å². The van der Waals surface area contributed by atoms with E-state index in [-0.39, 0.29) is 12.0 Å². The fourth-order valence-corrected chi connectivity index (χ4v) is 5.19. The van der Waals surface area contributed by atoms with E-state index in [1.165, 1.54) is 32.2 Å². The Hall–Kier alpha value is -1.42. The van der Waals surface area contributed by atoms with Crippen molar-refractivity contribution in [2.75, 3.05) is 19.6 Å². The third kappa shape index (κ3) is 6.04. The molecule has 0 bridgehead atoms. The largest absolute Gasteiger partial charge is 0.392 e. The van der Waals surface area contributed by atoms with Crippen molar-refractivity contribution in [1.29, 1.82) is 0 Å². The van der Waals surface area contributed by atoms with Crippen LogP contribution in [0.5, 0.6) is 0 Å². The molecule has 3 heteroatoms. The number of hydrogen-bond acceptors (Lipinski definition) is 3. The molecule has 0 radical (unpaired) electrons. The zero-order chi connectivity index (χ0) is 20.6. The van der Waals surface area contributed by atoms with Crippen molar-refractivity contribution >= 4 is 0 Å². The second kappa shape index (κ2) is 11.1. The van der Waals surface area contributed by atoms with Gasteiger partial charge in [0.25, 0.3) is 0 Å². The van der Waals surface area contributed by atoms with Crippen LogP contribution >= 0.6 is 0 Å². The number of benzene rings is 1. The number of fused-ring (bicyclic) bond motifs is 1. The predicted octanol–water partition coefficient (Wildman–Crippen LogP) is 5.12. The Kier molecular flexibility index (Phi) is 8.53. The monoisotopic (exact) mass is 397 g/mol. The van der Waals surface area contributed by atoms with Crippen LogP contribution in [-0.4, -0.2) is 40.9 Å². The van der Waals surface area contributed by atoms with Crippen molar-refractivity contribution < 1.29 is 10.2 Å². The van der Waals surface area contributed by atoms with E-state index in [0.717, 1.165) is 31.5 Å². The zero-order valence-corrected chi connectivity index (χ0v) is 18.2. The Labute approximate surface area is 177 Å². The van der Waals surface area contributed by atoms with E-state index in [1.54, 1.807) is 5.57 Å². The summed E-state index contributed by atoms with van der Waals surface area (Å²) in [6.07, 6.45) is 12.6. The molecule has 2 N–H and O–H groups in total. The minimum absolute atomic E-state index is 0.162. The summed E-state index contributed by atoms with van der Waals surface area (Å²) in [5.41, 5.74) is 2.50. The molecule has 0 heterocycles. The standard InChI is InChI=1S/C26H39NO2/c1-3-27(4-2)16-10-6-7-11-20-17-22-19-26(29)23(24(22)18-20)14-15-25(28)21-12-8-5-9-13-21/h5,8-9,12-15,17,22-26,28-29H,3-4,6-7,10-11,16,18-19H2,1-2H3/b15-14+/t22-,23+,24-,25+,26+/m0/s1. The lowest BCUT2D eigenvalue weighted by molar-refractivity contribution is 0.140. The van der Waals surface area contributed by atoms with E-state index in [1.807, 2.05) is 36.4 Å². The molecule has 0 amide bonds. The maximum absolute atomic E-state index is 10.5. The van der Waals surface area contributed by atoms with Gasteiger partial charge in [-0.05, 0) is 69.1 Å². The Morgan fingerprint density at radius 1 is 1.10 bits per heavy atom. The van der Waals surface area contributed by atoms with E-state index >= 15 is 0 Å². The summed E-state index contributed by atoms with van der Waals surface area (Å²) < 4.78 is 0. The number of hydrogen-bond donors (Lipinski definition) is 2. The van der Waals surface area contributed by atoms with Crippen LogP contribution in [0.15, 0.2) is 54.1 Å². The average Bonchev–Trinajstić information content (AvgIpc) is 3.26. The van der Waals surface area contributed by atoms with Crippen LogP contribution in [0, 0.1) is 17.8 Å². The number of allylic oxidation sites excluding steroid dienone is 2. The fraction of sp³-hybridized carbons (Fsp3) is 0.615. The van der Waals surface area contributed by atoms with Crippen LogP contribution in [0.3, 0.4) is 0 Å². The lowest BCUT2D eigenvalue weighted by Gasteiger charge is -2.19. The summed E-state index contributed by atoms with van der Waals surface area (Å²) >= 11 is 0. The third-order valence-electron chi connectivity index (χ3n) is 6.97. The Morgan fingerprint density at radius 3 is 2.59 bits per heavy atom. The highest BCUT2D eigenvalue weighted by Crippen LogP contribution is 2.48.